The Morgan fingerprint density at radius 2 is 1.81 bits per heavy atom. The molecule has 216 valence electrons. The zero-order valence-corrected chi connectivity index (χ0v) is 21.9. The van der Waals surface area contributed by atoms with Gasteiger partial charge in [-0.1, -0.05) is 6.42 Å². The number of aromatic nitrogens is 4. The predicted octanol–water partition coefficient (Wildman–Crippen LogP) is 5.68. The van der Waals surface area contributed by atoms with Crippen molar-refractivity contribution < 1.29 is 31.8 Å². The van der Waals surface area contributed by atoms with Crippen LogP contribution in [0.15, 0.2) is 54.9 Å². The number of rotatable bonds is 7. The molecule has 0 saturated heterocycles. The maximum absolute atomic E-state index is 14.9. The fourth-order valence-electron chi connectivity index (χ4n) is 4.45. The van der Waals surface area contributed by atoms with E-state index in [-0.39, 0.29) is 53.1 Å². The molecule has 0 bridgehead atoms. The van der Waals surface area contributed by atoms with Gasteiger partial charge in [-0.15, -0.1) is 0 Å². The SMILES string of the molecule is COc1ccc(-n2nc(C3(C(F)(F)F)CCC3)cc2NC(=O)Nc2ccc(Oc3ncnc(N)c3C#N)cc2F)cc1. The van der Waals surface area contributed by atoms with Gasteiger partial charge in [0.15, 0.2) is 5.56 Å². The summed E-state index contributed by atoms with van der Waals surface area (Å²) >= 11 is 0. The topological polar surface area (TPSA) is 153 Å². The average Bonchev–Trinajstić information content (AvgIpc) is 3.32. The highest BCUT2D eigenvalue weighted by atomic mass is 19.4. The fraction of sp³-hybridized carbons (Fsp3) is 0.222. The molecule has 5 rings (SSSR count). The van der Waals surface area contributed by atoms with Crippen LogP contribution in [-0.2, 0) is 5.41 Å². The van der Waals surface area contributed by atoms with Crippen molar-refractivity contribution in [3.8, 4) is 29.1 Å². The average molecular weight is 583 g/mol. The molecule has 1 aliphatic rings. The number of halogens is 4. The van der Waals surface area contributed by atoms with Gasteiger partial charge in [0.25, 0.3) is 0 Å². The van der Waals surface area contributed by atoms with E-state index in [9.17, 15) is 27.6 Å². The van der Waals surface area contributed by atoms with Crippen molar-refractivity contribution in [2.45, 2.75) is 30.9 Å². The molecule has 1 fully saturated rings. The van der Waals surface area contributed by atoms with Crippen LogP contribution in [0.4, 0.5) is 39.7 Å². The number of urea groups is 1. The molecule has 0 unspecified atom stereocenters. The molecule has 2 heterocycles. The van der Waals surface area contributed by atoms with Gasteiger partial charge in [-0.25, -0.2) is 23.8 Å². The van der Waals surface area contributed by atoms with E-state index < -0.39 is 23.4 Å². The molecular weight excluding hydrogens is 560 g/mol. The Hall–Kier alpha value is -5.39. The number of ether oxygens (including phenoxy) is 2. The highest BCUT2D eigenvalue weighted by Crippen LogP contribution is 2.54. The molecule has 1 aliphatic carbocycles. The maximum Gasteiger partial charge on any atom is 0.400 e. The first-order valence-electron chi connectivity index (χ1n) is 12.4. The van der Waals surface area contributed by atoms with Crippen LogP contribution in [0.1, 0.15) is 30.5 Å². The number of nitriles is 1. The number of methoxy groups -OCH3 is 1. The van der Waals surface area contributed by atoms with Gasteiger partial charge >= 0.3 is 12.2 Å². The molecular formula is C27H22F4N8O3. The summed E-state index contributed by atoms with van der Waals surface area (Å²) < 4.78 is 68.8. The van der Waals surface area contributed by atoms with Gasteiger partial charge in [-0.05, 0) is 49.2 Å². The lowest BCUT2D eigenvalue weighted by atomic mass is 9.66. The Balaban J connectivity index is 1.39. The number of alkyl halides is 3. The van der Waals surface area contributed by atoms with E-state index in [1.807, 2.05) is 0 Å². The summed E-state index contributed by atoms with van der Waals surface area (Å²) in [6.45, 7) is 0. The third-order valence-corrected chi connectivity index (χ3v) is 6.86. The van der Waals surface area contributed by atoms with Crippen molar-refractivity contribution in [1.29, 1.82) is 5.26 Å². The molecule has 0 radical (unpaired) electrons. The third-order valence-electron chi connectivity index (χ3n) is 6.86. The molecule has 2 amide bonds. The highest BCUT2D eigenvalue weighted by Gasteiger charge is 2.61. The summed E-state index contributed by atoms with van der Waals surface area (Å²) in [5, 5.41) is 18.2. The second-order valence-electron chi connectivity index (χ2n) is 9.33. The van der Waals surface area contributed by atoms with Crippen molar-refractivity contribution in [2.24, 2.45) is 0 Å². The predicted molar refractivity (Wildman–Crippen MR) is 142 cm³/mol. The lowest BCUT2D eigenvalue weighted by molar-refractivity contribution is -0.214. The van der Waals surface area contributed by atoms with Crippen LogP contribution in [0.25, 0.3) is 5.69 Å². The standard InChI is InChI=1S/C27H22F4N8O3/c1-41-16-5-3-15(4-6-16)39-22(12-21(38-39)26(9-2-10-26)27(29,30)31)37-25(40)36-20-8-7-17(11-19(20)28)42-24-18(13-32)23(33)34-14-35-24/h3-8,11-12,14H,2,9-10H2,1H3,(H2,33,34,35)(H2,36,37,40). The lowest BCUT2D eigenvalue weighted by Crippen LogP contribution is -2.48. The van der Waals surface area contributed by atoms with E-state index in [1.54, 1.807) is 30.3 Å². The second kappa shape index (κ2) is 10.9. The van der Waals surface area contributed by atoms with Crippen LogP contribution in [-0.4, -0.2) is 39.1 Å². The number of hydrogen-bond donors (Lipinski definition) is 3. The molecule has 2 aromatic heterocycles. The summed E-state index contributed by atoms with van der Waals surface area (Å²) in [4.78, 5) is 20.4. The summed E-state index contributed by atoms with van der Waals surface area (Å²) in [5.74, 6) is -0.804. The molecule has 0 spiro atoms. The van der Waals surface area contributed by atoms with E-state index in [1.165, 1.54) is 30.0 Å². The van der Waals surface area contributed by atoms with Crippen LogP contribution >= 0.6 is 0 Å². The molecule has 4 N–H and O–H groups in total. The van der Waals surface area contributed by atoms with Crippen molar-refractivity contribution in [3.63, 3.8) is 0 Å². The number of nitrogen functional groups attached to an aromatic ring is 1. The molecule has 15 heteroatoms. The minimum atomic E-state index is -4.54. The second-order valence-corrected chi connectivity index (χ2v) is 9.33. The Labute approximate surface area is 235 Å². The fourth-order valence-corrected chi connectivity index (χ4v) is 4.45. The number of amides is 2. The monoisotopic (exact) mass is 582 g/mol. The minimum Gasteiger partial charge on any atom is -0.497 e. The van der Waals surface area contributed by atoms with Crippen LogP contribution in [0, 0.1) is 17.1 Å². The Morgan fingerprint density at radius 3 is 2.40 bits per heavy atom. The molecule has 42 heavy (non-hydrogen) atoms. The van der Waals surface area contributed by atoms with Crippen LogP contribution in [0.3, 0.4) is 0 Å². The number of benzene rings is 2. The van der Waals surface area contributed by atoms with Crippen molar-refractivity contribution in [3.05, 3.63) is 71.9 Å². The summed E-state index contributed by atoms with van der Waals surface area (Å²) in [6.07, 6.45) is -3.33. The van der Waals surface area contributed by atoms with E-state index in [2.05, 4.69) is 25.7 Å². The first-order chi connectivity index (χ1) is 20.0. The van der Waals surface area contributed by atoms with Gasteiger partial charge in [0.2, 0.25) is 5.88 Å². The van der Waals surface area contributed by atoms with E-state index in [0.29, 0.717) is 17.9 Å². The first kappa shape index (κ1) is 28.1. The van der Waals surface area contributed by atoms with Crippen LogP contribution < -0.4 is 25.8 Å². The molecule has 0 aliphatic heterocycles. The summed E-state index contributed by atoms with van der Waals surface area (Å²) in [7, 11) is 1.47. The smallest absolute Gasteiger partial charge is 0.400 e. The van der Waals surface area contributed by atoms with Crippen molar-refractivity contribution in [1.82, 2.24) is 19.7 Å². The molecule has 0 atom stereocenters. The van der Waals surface area contributed by atoms with Crippen LogP contribution in [0.5, 0.6) is 17.4 Å². The molecule has 4 aromatic rings. The minimum absolute atomic E-state index is 0.0479. The molecule has 1 saturated carbocycles. The summed E-state index contributed by atoms with van der Waals surface area (Å²) in [6, 6.07) is 11.8. The van der Waals surface area contributed by atoms with Crippen molar-refractivity contribution in [2.75, 3.05) is 23.5 Å². The Bertz CT molecular complexity index is 1680. The number of nitrogens with two attached hydrogens (primary N) is 1. The van der Waals surface area contributed by atoms with Gasteiger partial charge in [0.1, 0.15) is 46.8 Å². The summed E-state index contributed by atoms with van der Waals surface area (Å²) in [5.41, 5.74) is 3.23. The Morgan fingerprint density at radius 1 is 1.10 bits per heavy atom. The zero-order valence-electron chi connectivity index (χ0n) is 21.9. The van der Waals surface area contributed by atoms with Crippen LogP contribution in [0.2, 0.25) is 0 Å². The number of nitrogens with one attached hydrogen (secondary N) is 2. The molecule has 11 nitrogen and oxygen atoms in total. The highest BCUT2D eigenvalue weighted by molar-refractivity contribution is 5.99. The lowest BCUT2D eigenvalue weighted by Gasteiger charge is -2.41. The normalized spacial score (nSPS) is 13.9. The quantitative estimate of drug-likeness (QED) is 0.235. The largest absolute Gasteiger partial charge is 0.497 e. The third kappa shape index (κ3) is 5.21. The van der Waals surface area contributed by atoms with Gasteiger partial charge in [-0.3, -0.25) is 5.32 Å². The number of nitrogens with zero attached hydrogens (tertiary/aromatic N) is 5. The molecule has 2 aromatic carbocycles. The van der Waals surface area contributed by atoms with Gasteiger partial charge in [0, 0.05) is 12.1 Å². The van der Waals surface area contributed by atoms with E-state index >= 15 is 0 Å². The van der Waals surface area contributed by atoms with Crippen molar-refractivity contribution >= 4 is 23.4 Å². The number of carbonyl (C=O) groups is 1. The van der Waals surface area contributed by atoms with Gasteiger partial charge in [-0.2, -0.15) is 23.5 Å². The van der Waals surface area contributed by atoms with Gasteiger partial charge in [0.05, 0.1) is 24.2 Å². The Kier molecular flexibility index (Phi) is 7.29. The number of anilines is 3. The number of carbonyl (C=O) groups excluding carboxylic acids is 1. The number of hydrogen-bond acceptors (Lipinski definition) is 8. The first-order valence-corrected chi connectivity index (χ1v) is 12.4. The maximum atomic E-state index is 14.9. The zero-order chi connectivity index (χ0) is 30.1. The van der Waals surface area contributed by atoms with E-state index in [4.69, 9.17) is 15.2 Å². The van der Waals surface area contributed by atoms with Gasteiger partial charge < -0.3 is 20.5 Å². The van der Waals surface area contributed by atoms with E-state index in [0.717, 1.165) is 12.4 Å².